The first-order valence-corrected chi connectivity index (χ1v) is 5.59. The summed E-state index contributed by atoms with van der Waals surface area (Å²) in [6.07, 6.45) is 3.71. The van der Waals surface area contributed by atoms with E-state index in [0.717, 1.165) is 52.1 Å². The van der Waals surface area contributed by atoms with E-state index in [2.05, 4.69) is 0 Å². The van der Waals surface area contributed by atoms with Crippen molar-refractivity contribution in [2.75, 3.05) is 26.4 Å². The molecule has 2 rings (SSSR count). The van der Waals surface area contributed by atoms with Crippen molar-refractivity contribution in [3.63, 3.8) is 0 Å². The highest BCUT2D eigenvalue weighted by Crippen LogP contribution is 2.14. The molecule has 2 heterocycles. The molecular weight excluding hydrogens is 200 g/mol. The summed E-state index contributed by atoms with van der Waals surface area (Å²) in [6, 6.07) is 0. The molecule has 0 saturated carbocycles. The Labute approximate surface area is 89.4 Å². The van der Waals surface area contributed by atoms with Crippen molar-refractivity contribution in [2.45, 2.75) is 37.9 Å². The molecule has 0 N–H and O–H groups in total. The van der Waals surface area contributed by atoms with Crippen LogP contribution in [0.15, 0.2) is 0 Å². The van der Waals surface area contributed by atoms with E-state index in [1.54, 1.807) is 0 Å². The molecule has 5 nitrogen and oxygen atoms in total. The standard InChI is InChI=1S/C10H18O5/c1-5-11-6-2-9(1)13-15-14-10-3-7-12-8-4-10/h9-10H,1-8H2. The fourth-order valence-electron chi connectivity index (χ4n) is 1.68. The number of hydrogen-bond acceptors (Lipinski definition) is 5. The molecule has 88 valence electrons. The van der Waals surface area contributed by atoms with Crippen LogP contribution in [0.5, 0.6) is 0 Å². The van der Waals surface area contributed by atoms with Crippen molar-refractivity contribution in [1.82, 2.24) is 0 Å². The number of rotatable bonds is 4. The third-order valence-corrected chi connectivity index (χ3v) is 2.69. The number of ether oxygens (including phenoxy) is 2. The van der Waals surface area contributed by atoms with Gasteiger partial charge in [0.05, 0.1) is 0 Å². The fraction of sp³-hybridized carbons (Fsp3) is 1.00. The molecule has 2 fully saturated rings. The molecule has 0 bridgehead atoms. The third-order valence-electron chi connectivity index (χ3n) is 2.69. The minimum atomic E-state index is 0.110. The van der Waals surface area contributed by atoms with Gasteiger partial charge in [-0.1, -0.05) is 5.04 Å². The normalized spacial score (nSPS) is 25.6. The summed E-state index contributed by atoms with van der Waals surface area (Å²) in [4.78, 5) is 10.3. The van der Waals surface area contributed by atoms with E-state index in [1.807, 2.05) is 0 Å². The molecule has 0 aromatic heterocycles. The van der Waals surface area contributed by atoms with Gasteiger partial charge in [-0.15, -0.1) is 0 Å². The Morgan fingerprint density at radius 1 is 0.667 bits per heavy atom. The van der Waals surface area contributed by atoms with E-state index >= 15 is 0 Å². The van der Waals surface area contributed by atoms with Crippen LogP contribution in [0.3, 0.4) is 0 Å². The molecule has 0 unspecified atom stereocenters. The largest absolute Gasteiger partial charge is 0.381 e. The van der Waals surface area contributed by atoms with E-state index in [0.29, 0.717) is 0 Å². The number of hydrogen-bond donors (Lipinski definition) is 0. The third kappa shape index (κ3) is 4.04. The van der Waals surface area contributed by atoms with Gasteiger partial charge < -0.3 is 9.47 Å². The Hall–Kier alpha value is -0.200. The topological polar surface area (TPSA) is 46.2 Å². The summed E-state index contributed by atoms with van der Waals surface area (Å²) >= 11 is 0. The van der Waals surface area contributed by atoms with Gasteiger partial charge in [-0.05, 0) is 0 Å². The van der Waals surface area contributed by atoms with Crippen LogP contribution >= 0.6 is 0 Å². The van der Waals surface area contributed by atoms with E-state index < -0.39 is 0 Å². The zero-order valence-electron chi connectivity index (χ0n) is 8.85. The Morgan fingerprint density at radius 3 is 1.47 bits per heavy atom. The van der Waals surface area contributed by atoms with Crippen LogP contribution in [0.25, 0.3) is 0 Å². The van der Waals surface area contributed by atoms with Crippen LogP contribution in [-0.4, -0.2) is 38.6 Å². The average Bonchev–Trinajstić information content (AvgIpc) is 2.32. The molecule has 2 saturated heterocycles. The lowest BCUT2D eigenvalue weighted by molar-refractivity contribution is -0.543. The van der Waals surface area contributed by atoms with Crippen molar-refractivity contribution in [2.24, 2.45) is 0 Å². The SMILES string of the molecule is C1CC(OOOC2CCOCC2)CCO1. The van der Waals surface area contributed by atoms with Gasteiger partial charge in [0.1, 0.15) is 12.2 Å². The Morgan fingerprint density at radius 2 is 1.07 bits per heavy atom. The highest BCUT2D eigenvalue weighted by atomic mass is 17.5. The first-order chi connectivity index (χ1) is 7.45. The molecular formula is C10H18O5. The van der Waals surface area contributed by atoms with Crippen molar-refractivity contribution < 1.29 is 24.3 Å². The first-order valence-electron chi connectivity index (χ1n) is 5.59. The predicted molar refractivity (Wildman–Crippen MR) is 50.9 cm³/mol. The Bertz CT molecular complexity index is 145. The molecule has 15 heavy (non-hydrogen) atoms. The van der Waals surface area contributed by atoms with Crippen molar-refractivity contribution in [3.8, 4) is 0 Å². The summed E-state index contributed by atoms with van der Waals surface area (Å²) in [5, 5.41) is 4.80. The first kappa shape index (κ1) is 11.3. The second kappa shape index (κ2) is 6.40. The van der Waals surface area contributed by atoms with Crippen LogP contribution in [-0.2, 0) is 24.3 Å². The second-order valence-corrected chi connectivity index (χ2v) is 3.88. The van der Waals surface area contributed by atoms with Crippen LogP contribution in [0.1, 0.15) is 25.7 Å². The van der Waals surface area contributed by atoms with Gasteiger partial charge in [-0.3, -0.25) is 0 Å². The van der Waals surface area contributed by atoms with Crippen LogP contribution < -0.4 is 0 Å². The molecule has 0 aliphatic carbocycles. The van der Waals surface area contributed by atoms with Gasteiger partial charge >= 0.3 is 0 Å². The van der Waals surface area contributed by atoms with Gasteiger partial charge in [0, 0.05) is 52.1 Å². The maximum Gasteiger partial charge on any atom is 0.100 e. The summed E-state index contributed by atoms with van der Waals surface area (Å²) in [7, 11) is 0. The van der Waals surface area contributed by atoms with Gasteiger partial charge in [-0.2, -0.15) is 0 Å². The molecule has 2 aliphatic heterocycles. The molecule has 0 radical (unpaired) electrons. The van der Waals surface area contributed by atoms with Gasteiger partial charge in [0.25, 0.3) is 0 Å². The maximum absolute atomic E-state index is 5.20. The second-order valence-electron chi connectivity index (χ2n) is 3.88. The Balaban J connectivity index is 1.53. The van der Waals surface area contributed by atoms with Crippen LogP contribution in [0.4, 0.5) is 0 Å². The lowest BCUT2D eigenvalue weighted by Crippen LogP contribution is -2.27. The molecule has 5 heteroatoms. The van der Waals surface area contributed by atoms with Crippen molar-refractivity contribution in [3.05, 3.63) is 0 Å². The van der Waals surface area contributed by atoms with Crippen molar-refractivity contribution in [1.29, 1.82) is 0 Å². The minimum absolute atomic E-state index is 0.110. The average molecular weight is 218 g/mol. The zero-order valence-corrected chi connectivity index (χ0v) is 8.85. The molecule has 0 spiro atoms. The highest BCUT2D eigenvalue weighted by molar-refractivity contribution is 4.61. The molecule has 0 aromatic rings. The van der Waals surface area contributed by atoms with Crippen LogP contribution in [0.2, 0.25) is 0 Å². The summed E-state index contributed by atoms with van der Waals surface area (Å²) in [6.45, 7) is 2.97. The van der Waals surface area contributed by atoms with E-state index in [4.69, 9.17) is 24.3 Å². The van der Waals surface area contributed by atoms with Gasteiger partial charge in [0.2, 0.25) is 0 Å². The van der Waals surface area contributed by atoms with Crippen molar-refractivity contribution >= 4 is 0 Å². The minimum Gasteiger partial charge on any atom is -0.381 e. The molecule has 0 amide bonds. The zero-order chi connectivity index (χ0) is 10.3. The summed E-state index contributed by atoms with van der Waals surface area (Å²) in [5.41, 5.74) is 0. The van der Waals surface area contributed by atoms with E-state index in [-0.39, 0.29) is 12.2 Å². The lowest BCUT2D eigenvalue weighted by Gasteiger charge is -2.23. The smallest absolute Gasteiger partial charge is 0.100 e. The predicted octanol–water partition coefficient (Wildman–Crippen LogP) is 1.22. The quantitative estimate of drug-likeness (QED) is 0.524. The lowest BCUT2D eigenvalue weighted by atomic mass is 10.2. The molecule has 2 aliphatic rings. The highest BCUT2D eigenvalue weighted by Gasteiger charge is 2.18. The summed E-state index contributed by atoms with van der Waals surface area (Å²) < 4.78 is 10.4. The van der Waals surface area contributed by atoms with Crippen LogP contribution in [0, 0.1) is 0 Å². The summed E-state index contributed by atoms with van der Waals surface area (Å²) in [5.74, 6) is 0. The van der Waals surface area contributed by atoms with E-state index in [9.17, 15) is 0 Å². The Kier molecular flexibility index (Phi) is 4.82. The fourth-order valence-corrected chi connectivity index (χ4v) is 1.68. The maximum atomic E-state index is 5.20. The van der Waals surface area contributed by atoms with E-state index in [1.165, 1.54) is 0 Å². The van der Waals surface area contributed by atoms with Gasteiger partial charge in [0.15, 0.2) is 0 Å². The molecule has 0 aromatic carbocycles. The monoisotopic (exact) mass is 218 g/mol. The molecule has 0 atom stereocenters. The van der Waals surface area contributed by atoms with Gasteiger partial charge in [-0.25, -0.2) is 9.78 Å².